The summed E-state index contributed by atoms with van der Waals surface area (Å²) in [4.78, 5) is 11.1. The van der Waals surface area contributed by atoms with Crippen molar-refractivity contribution in [3.8, 4) is 0 Å². The molecule has 3 nitrogen and oxygen atoms in total. The summed E-state index contributed by atoms with van der Waals surface area (Å²) in [5.41, 5.74) is 2.56. The first kappa shape index (κ1) is 13.7. The molecule has 1 aromatic rings. The molecule has 0 saturated heterocycles. The van der Waals surface area contributed by atoms with Crippen LogP contribution in [-0.4, -0.2) is 23.7 Å². The van der Waals surface area contributed by atoms with Crippen molar-refractivity contribution in [1.29, 1.82) is 0 Å². The molecular formula is C14H21NO2. The predicted octanol–water partition coefficient (Wildman–Crippen LogP) is 1.68. The number of aliphatic hydroxyl groups excluding tert-OH is 1. The van der Waals surface area contributed by atoms with E-state index in [0.717, 1.165) is 19.3 Å². The van der Waals surface area contributed by atoms with Gasteiger partial charge in [0.1, 0.15) is 6.10 Å². The van der Waals surface area contributed by atoms with E-state index in [0.29, 0.717) is 6.54 Å². The molecular weight excluding hydrogens is 214 g/mol. The Bertz CT molecular complexity index is 344. The van der Waals surface area contributed by atoms with Crippen LogP contribution in [0.4, 0.5) is 0 Å². The molecule has 1 rings (SSSR count). The van der Waals surface area contributed by atoms with Gasteiger partial charge in [0.2, 0.25) is 5.91 Å². The maximum Gasteiger partial charge on any atom is 0.248 e. The lowest BCUT2D eigenvalue weighted by atomic mass is 10.1. The molecule has 0 aliphatic rings. The average molecular weight is 235 g/mol. The molecule has 0 spiro atoms. The summed E-state index contributed by atoms with van der Waals surface area (Å²) in [5.74, 6) is -0.312. The van der Waals surface area contributed by atoms with E-state index < -0.39 is 6.10 Å². The van der Waals surface area contributed by atoms with Crippen molar-refractivity contribution < 1.29 is 9.90 Å². The predicted molar refractivity (Wildman–Crippen MR) is 68.8 cm³/mol. The van der Waals surface area contributed by atoms with Gasteiger partial charge in [-0.15, -0.1) is 0 Å². The van der Waals surface area contributed by atoms with Crippen LogP contribution in [-0.2, 0) is 17.6 Å². The summed E-state index contributed by atoms with van der Waals surface area (Å²) in [5, 5.41) is 11.7. The van der Waals surface area contributed by atoms with Crippen LogP contribution < -0.4 is 5.32 Å². The van der Waals surface area contributed by atoms with Gasteiger partial charge in [-0.2, -0.15) is 0 Å². The molecule has 17 heavy (non-hydrogen) atoms. The van der Waals surface area contributed by atoms with Crippen LogP contribution in [0.15, 0.2) is 24.3 Å². The number of aliphatic hydroxyl groups is 1. The zero-order valence-corrected chi connectivity index (χ0v) is 10.6. The molecule has 0 radical (unpaired) electrons. The summed E-state index contributed by atoms with van der Waals surface area (Å²) in [6.45, 7) is 4.20. The van der Waals surface area contributed by atoms with Crippen LogP contribution in [0.25, 0.3) is 0 Å². The highest BCUT2D eigenvalue weighted by molar-refractivity contribution is 5.79. The van der Waals surface area contributed by atoms with E-state index in [2.05, 4.69) is 36.5 Å². The lowest BCUT2D eigenvalue weighted by Gasteiger charge is -2.07. The van der Waals surface area contributed by atoms with Gasteiger partial charge in [0.05, 0.1) is 0 Å². The molecule has 0 bridgehead atoms. The van der Waals surface area contributed by atoms with Crippen molar-refractivity contribution >= 4 is 5.91 Å². The molecule has 0 aliphatic heterocycles. The maximum atomic E-state index is 11.1. The van der Waals surface area contributed by atoms with E-state index in [1.807, 2.05) is 0 Å². The lowest BCUT2D eigenvalue weighted by molar-refractivity contribution is -0.128. The van der Waals surface area contributed by atoms with E-state index in [1.54, 1.807) is 0 Å². The van der Waals surface area contributed by atoms with Crippen molar-refractivity contribution in [2.75, 3.05) is 6.54 Å². The van der Waals surface area contributed by atoms with E-state index >= 15 is 0 Å². The standard InChI is InChI=1S/C14H21NO2/c1-3-4-12-5-7-13(8-6-12)9-10-15-14(17)11(2)16/h5-8,11,16H,3-4,9-10H2,1-2H3,(H,15,17). The smallest absolute Gasteiger partial charge is 0.248 e. The number of amides is 1. The highest BCUT2D eigenvalue weighted by Crippen LogP contribution is 2.06. The molecule has 0 saturated carbocycles. The van der Waals surface area contributed by atoms with Gasteiger partial charge in [-0.1, -0.05) is 37.6 Å². The van der Waals surface area contributed by atoms with E-state index in [1.165, 1.54) is 18.1 Å². The second kappa shape index (κ2) is 7.07. The van der Waals surface area contributed by atoms with Crippen LogP contribution in [0.5, 0.6) is 0 Å². The fraction of sp³-hybridized carbons (Fsp3) is 0.500. The number of rotatable bonds is 6. The van der Waals surface area contributed by atoms with Gasteiger partial charge in [-0.05, 0) is 30.9 Å². The molecule has 3 heteroatoms. The summed E-state index contributed by atoms with van der Waals surface area (Å²) < 4.78 is 0. The van der Waals surface area contributed by atoms with Gasteiger partial charge in [0, 0.05) is 6.54 Å². The molecule has 1 aromatic carbocycles. The topological polar surface area (TPSA) is 49.3 Å². The Morgan fingerprint density at radius 2 is 1.76 bits per heavy atom. The monoisotopic (exact) mass is 235 g/mol. The number of benzene rings is 1. The van der Waals surface area contributed by atoms with Gasteiger partial charge in [0.25, 0.3) is 0 Å². The first-order valence-corrected chi connectivity index (χ1v) is 6.17. The normalized spacial score (nSPS) is 12.2. The minimum atomic E-state index is -0.929. The summed E-state index contributed by atoms with van der Waals surface area (Å²) >= 11 is 0. The number of carbonyl (C=O) groups excluding carboxylic acids is 1. The Labute approximate surface area is 103 Å². The summed E-state index contributed by atoms with van der Waals surface area (Å²) in [6.07, 6.45) is 2.13. The number of nitrogens with one attached hydrogen (secondary N) is 1. The van der Waals surface area contributed by atoms with Crippen LogP contribution >= 0.6 is 0 Å². The van der Waals surface area contributed by atoms with Gasteiger partial charge in [-0.25, -0.2) is 0 Å². The Kier molecular flexibility index (Phi) is 5.70. The number of hydrogen-bond acceptors (Lipinski definition) is 2. The zero-order chi connectivity index (χ0) is 12.7. The number of aryl methyl sites for hydroxylation is 1. The molecule has 1 atom stereocenters. The second-order valence-electron chi connectivity index (χ2n) is 4.28. The van der Waals surface area contributed by atoms with Crippen LogP contribution in [0.1, 0.15) is 31.4 Å². The molecule has 0 fully saturated rings. The Morgan fingerprint density at radius 1 is 1.24 bits per heavy atom. The fourth-order valence-corrected chi connectivity index (χ4v) is 1.64. The van der Waals surface area contributed by atoms with Crippen molar-refractivity contribution in [1.82, 2.24) is 5.32 Å². The summed E-state index contributed by atoms with van der Waals surface area (Å²) in [7, 11) is 0. The van der Waals surface area contributed by atoms with E-state index in [9.17, 15) is 4.79 Å². The van der Waals surface area contributed by atoms with Crippen LogP contribution in [0.3, 0.4) is 0 Å². The number of carbonyl (C=O) groups is 1. The van der Waals surface area contributed by atoms with Crippen molar-refractivity contribution in [2.24, 2.45) is 0 Å². The highest BCUT2D eigenvalue weighted by Gasteiger charge is 2.06. The van der Waals surface area contributed by atoms with Gasteiger partial charge in [-0.3, -0.25) is 4.79 Å². The Hall–Kier alpha value is -1.35. The molecule has 0 aliphatic carbocycles. The van der Waals surface area contributed by atoms with Gasteiger partial charge < -0.3 is 10.4 Å². The average Bonchev–Trinajstić information content (AvgIpc) is 2.31. The van der Waals surface area contributed by atoms with E-state index in [-0.39, 0.29) is 5.91 Å². The largest absolute Gasteiger partial charge is 0.384 e. The molecule has 0 aromatic heterocycles. The fourth-order valence-electron chi connectivity index (χ4n) is 1.64. The SMILES string of the molecule is CCCc1ccc(CCNC(=O)C(C)O)cc1. The zero-order valence-electron chi connectivity index (χ0n) is 10.6. The maximum absolute atomic E-state index is 11.1. The Balaban J connectivity index is 2.34. The minimum Gasteiger partial charge on any atom is -0.384 e. The summed E-state index contributed by atoms with van der Waals surface area (Å²) in [6, 6.07) is 8.46. The second-order valence-corrected chi connectivity index (χ2v) is 4.28. The van der Waals surface area contributed by atoms with Gasteiger partial charge in [0.15, 0.2) is 0 Å². The van der Waals surface area contributed by atoms with Crippen molar-refractivity contribution in [3.05, 3.63) is 35.4 Å². The molecule has 1 amide bonds. The molecule has 94 valence electrons. The highest BCUT2D eigenvalue weighted by atomic mass is 16.3. The number of hydrogen-bond donors (Lipinski definition) is 2. The van der Waals surface area contributed by atoms with Crippen molar-refractivity contribution in [2.45, 2.75) is 39.2 Å². The first-order chi connectivity index (χ1) is 8.13. The van der Waals surface area contributed by atoms with E-state index in [4.69, 9.17) is 5.11 Å². The lowest BCUT2D eigenvalue weighted by Crippen LogP contribution is -2.33. The first-order valence-electron chi connectivity index (χ1n) is 6.17. The van der Waals surface area contributed by atoms with Crippen LogP contribution in [0.2, 0.25) is 0 Å². The third-order valence-corrected chi connectivity index (χ3v) is 2.65. The molecule has 1 unspecified atom stereocenters. The van der Waals surface area contributed by atoms with Crippen LogP contribution in [0, 0.1) is 0 Å². The third kappa shape index (κ3) is 5.00. The quantitative estimate of drug-likeness (QED) is 0.788. The van der Waals surface area contributed by atoms with Crippen molar-refractivity contribution in [3.63, 3.8) is 0 Å². The van der Waals surface area contributed by atoms with Gasteiger partial charge >= 0.3 is 0 Å². The molecule has 0 heterocycles. The third-order valence-electron chi connectivity index (χ3n) is 2.65. The minimum absolute atomic E-state index is 0.312. The molecule has 2 N–H and O–H groups in total. The Morgan fingerprint density at radius 3 is 2.24 bits per heavy atom.